The highest BCUT2D eigenvalue weighted by Gasteiger charge is 2.18. The lowest BCUT2D eigenvalue weighted by Gasteiger charge is -1.90. The fourth-order valence-electron chi connectivity index (χ4n) is 0.0742. The van der Waals surface area contributed by atoms with Crippen LogP contribution in [0.2, 0.25) is 0 Å². The van der Waals surface area contributed by atoms with Crippen molar-refractivity contribution < 1.29 is 19.9 Å². The molecule has 0 fully saturated rings. The molecule has 40 valence electrons. The van der Waals surface area contributed by atoms with Crippen LogP contribution in [0.5, 0.6) is 0 Å². The van der Waals surface area contributed by atoms with E-state index >= 15 is 0 Å². The second kappa shape index (κ2) is 2.73. The van der Waals surface area contributed by atoms with E-state index in [0.717, 1.165) is 6.92 Å². The van der Waals surface area contributed by atoms with E-state index in [-0.39, 0.29) is 0 Å². The first-order valence-corrected chi connectivity index (χ1v) is 1.67. The van der Waals surface area contributed by atoms with Crippen LogP contribution in [0, 0.1) is 0 Å². The van der Waals surface area contributed by atoms with Crippen molar-refractivity contribution in [1.29, 1.82) is 0 Å². The summed E-state index contributed by atoms with van der Waals surface area (Å²) in [5.41, 5.74) is -0.623. The Morgan fingerprint density at radius 1 is 1.86 bits per heavy atom. The summed E-state index contributed by atoms with van der Waals surface area (Å²) in [6, 6.07) is 0. The zero-order valence-electron chi connectivity index (χ0n) is 3.79. The smallest absolute Gasteiger partial charge is 0.420 e. The predicted molar refractivity (Wildman–Crippen MR) is 22.4 cm³/mol. The summed E-state index contributed by atoms with van der Waals surface area (Å²) in [4.78, 5) is 13.1. The van der Waals surface area contributed by atoms with Gasteiger partial charge in [-0.15, -0.1) is 0 Å². The van der Waals surface area contributed by atoms with Crippen LogP contribution in [-0.4, -0.2) is 23.1 Å². The largest absolute Gasteiger partial charge is 0.558 e. The van der Waals surface area contributed by atoms with Crippen LogP contribution in [0.15, 0.2) is 0 Å². The minimum Gasteiger partial charge on any atom is -0.420 e. The molecule has 0 aliphatic heterocycles. The molecule has 0 saturated heterocycles. The maximum Gasteiger partial charge on any atom is 0.558 e. The van der Waals surface area contributed by atoms with Crippen LogP contribution in [-0.2, 0) is 9.60 Å². The van der Waals surface area contributed by atoms with Gasteiger partial charge < -0.3 is 9.82 Å². The minimum atomic E-state index is -1.68. The number of hydrogen-bond donors (Lipinski definition) is 2. The van der Waals surface area contributed by atoms with Crippen LogP contribution in [0.4, 0.5) is 0 Å². The lowest BCUT2D eigenvalue weighted by Crippen LogP contribution is -2.25. The van der Waals surface area contributed by atoms with E-state index in [9.17, 15) is 4.79 Å². The lowest BCUT2D eigenvalue weighted by atomic mass is 9.86. The van der Waals surface area contributed by atoms with Gasteiger partial charge in [0.05, 0.1) is 0 Å². The second-order valence-corrected chi connectivity index (χ2v) is 1.07. The van der Waals surface area contributed by atoms with Crippen molar-refractivity contribution in [2.24, 2.45) is 0 Å². The van der Waals surface area contributed by atoms with E-state index in [4.69, 9.17) is 10.3 Å². The van der Waals surface area contributed by atoms with Gasteiger partial charge >= 0.3 is 7.12 Å². The highest BCUT2D eigenvalue weighted by atomic mass is 17.1. The summed E-state index contributed by atoms with van der Waals surface area (Å²) in [6.07, 6.45) is 0. The lowest BCUT2D eigenvalue weighted by molar-refractivity contribution is -0.161. The quantitative estimate of drug-likeness (QED) is 0.270. The van der Waals surface area contributed by atoms with Gasteiger partial charge in [-0.05, 0) is 6.92 Å². The van der Waals surface area contributed by atoms with Crippen LogP contribution in [0.1, 0.15) is 6.92 Å². The van der Waals surface area contributed by atoms with Gasteiger partial charge in [0.15, 0.2) is 5.68 Å². The van der Waals surface area contributed by atoms with E-state index in [1.165, 1.54) is 0 Å². The minimum absolute atomic E-state index is 0.623. The summed E-state index contributed by atoms with van der Waals surface area (Å²) >= 11 is 0. The van der Waals surface area contributed by atoms with Crippen molar-refractivity contribution in [3.05, 3.63) is 0 Å². The van der Waals surface area contributed by atoms with Crippen molar-refractivity contribution in [3.63, 3.8) is 0 Å². The number of carbonyl (C=O) groups excluding carboxylic acids is 1. The number of carbonyl (C=O) groups is 1. The van der Waals surface area contributed by atoms with Gasteiger partial charge in [-0.3, -0.25) is 10.1 Å². The van der Waals surface area contributed by atoms with Crippen LogP contribution < -0.4 is 0 Å². The Bertz CT molecular complexity index is 72.1. The molecule has 7 heavy (non-hydrogen) atoms. The molecule has 0 aromatic heterocycles. The van der Waals surface area contributed by atoms with Crippen molar-refractivity contribution in [3.8, 4) is 0 Å². The van der Waals surface area contributed by atoms with E-state index in [1.807, 2.05) is 0 Å². The molecule has 0 unspecified atom stereocenters. The van der Waals surface area contributed by atoms with Crippen molar-refractivity contribution in [1.82, 2.24) is 0 Å². The summed E-state index contributed by atoms with van der Waals surface area (Å²) in [5.74, 6) is 0. The summed E-state index contributed by atoms with van der Waals surface area (Å²) in [5, 5.41) is 15.6. The van der Waals surface area contributed by atoms with Gasteiger partial charge in [-0.1, -0.05) is 0 Å². The molecule has 0 aromatic rings. The average molecular weight is 104 g/mol. The van der Waals surface area contributed by atoms with Crippen molar-refractivity contribution >= 4 is 12.8 Å². The van der Waals surface area contributed by atoms with Crippen LogP contribution >= 0.6 is 0 Å². The SMILES string of the molecule is CC(=O)B(O)OO. The molecule has 4 nitrogen and oxygen atoms in total. The Morgan fingerprint density at radius 3 is 2.29 bits per heavy atom. The van der Waals surface area contributed by atoms with E-state index in [1.54, 1.807) is 0 Å². The van der Waals surface area contributed by atoms with Crippen LogP contribution in [0.25, 0.3) is 0 Å². The van der Waals surface area contributed by atoms with Crippen LogP contribution in [0.3, 0.4) is 0 Å². The third-order valence-electron chi connectivity index (χ3n) is 0.448. The summed E-state index contributed by atoms with van der Waals surface area (Å²) < 4.78 is 0. The molecule has 2 N–H and O–H groups in total. The third kappa shape index (κ3) is 2.33. The maximum absolute atomic E-state index is 9.84. The zero-order chi connectivity index (χ0) is 5.86. The van der Waals surface area contributed by atoms with E-state index in [2.05, 4.69) is 4.81 Å². The first-order valence-electron chi connectivity index (χ1n) is 1.67. The third-order valence-corrected chi connectivity index (χ3v) is 0.448. The Kier molecular flexibility index (Phi) is 2.58. The molecule has 5 heteroatoms. The standard InChI is InChI=1S/C2H5BO4/c1-2(4)3(5)7-6/h5-6H,1H3. The van der Waals surface area contributed by atoms with E-state index in [0.29, 0.717) is 0 Å². The molecule has 0 aliphatic rings. The highest BCUT2D eigenvalue weighted by molar-refractivity contribution is 6.78. The normalized spacial score (nSPS) is 8.43. The Labute approximate surface area is 40.8 Å². The monoisotopic (exact) mass is 104 g/mol. The molecule has 0 atom stereocenters. The van der Waals surface area contributed by atoms with Gasteiger partial charge in [0, 0.05) is 0 Å². The number of hydrogen-bond acceptors (Lipinski definition) is 4. The van der Waals surface area contributed by atoms with Gasteiger partial charge in [-0.2, -0.15) is 0 Å². The van der Waals surface area contributed by atoms with Gasteiger partial charge in [0.25, 0.3) is 0 Å². The summed E-state index contributed by atoms with van der Waals surface area (Å²) in [6.45, 7) is 1.10. The summed E-state index contributed by atoms with van der Waals surface area (Å²) in [7, 11) is -1.68. The molecular weight excluding hydrogens is 98.8 g/mol. The van der Waals surface area contributed by atoms with Gasteiger partial charge in [-0.25, -0.2) is 0 Å². The molecule has 0 saturated carbocycles. The molecular formula is C2H5BO4. The van der Waals surface area contributed by atoms with Crippen molar-refractivity contribution in [2.45, 2.75) is 6.92 Å². The van der Waals surface area contributed by atoms with E-state index < -0.39 is 12.8 Å². The average Bonchev–Trinajstić information content (AvgIpc) is 1.65. The topological polar surface area (TPSA) is 66.8 Å². The molecule has 0 bridgehead atoms. The molecule has 0 radical (unpaired) electrons. The second-order valence-electron chi connectivity index (χ2n) is 1.07. The molecule has 0 heterocycles. The maximum atomic E-state index is 9.84. The Balaban J connectivity index is 3.34. The molecule has 0 aliphatic carbocycles. The Morgan fingerprint density at radius 2 is 2.29 bits per heavy atom. The van der Waals surface area contributed by atoms with Gasteiger partial charge in [0.2, 0.25) is 0 Å². The number of rotatable bonds is 2. The molecule has 0 aromatic carbocycles. The molecule has 0 rings (SSSR count). The highest BCUT2D eigenvalue weighted by Crippen LogP contribution is 1.75. The van der Waals surface area contributed by atoms with Crippen molar-refractivity contribution in [2.75, 3.05) is 0 Å². The first kappa shape index (κ1) is 6.61. The fraction of sp³-hybridized carbons (Fsp3) is 0.500. The fourth-order valence-corrected chi connectivity index (χ4v) is 0.0742. The molecule has 0 amide bonds. The first-order chi connectivity index (χ1) is 3.18. The predicted octanol–water partition coefficient (Wildman–Crippen LogP) is -0.915. The Hall–Kier alpha value is -0.385. The zero-order valence-corrected chi connectivity index (χ0v) is 3.79. The van der Waals surface area contributed by atoms with Gasteiger partial charge in [0.1, 0.15) is 0 Å². The molecule has 0 spiro atoms.